The van der Waals surface area contributed by atoms with Gasteiger partial charge in [-0.15, -0.1) is 0 Å². The molecule has 0 fully saturated rings. The number of pyridine rings is 1. The zero-order valence-electron chi connectivity index (χ0n) is 16.0. The molecule has 7 aromatic rings. The third-order valence-electron chi connectivity index (χ3n) is 6.01. The van der Waals surface area contributed by atoms with Gasteiger partial charge in [0.05, 0.1) is 0 Å². The molecule has 0 amide bonds. The van der Waals surface area contributed by atoms with Gasteiger partial charge in [0, 0.05) is 0 Å². The van der Waals surface area contributed by atoms with Crippen molar-refractivity contribution in [3.8, 4) is 5.69 Å². The summed E-state index contributed by atoms with van der Waals surface area (Å²) in [5, 5.41) is 6.58. The van der Waals surface area contributed by atoms with E-state index in [1.54, 1.807) is 0 Å². The van der Waals surface area contributed by atoms with Crippen molar-refractivity contribution in [2.24, 2.45) is 0 Å². The van der Waals surface area contributed by atoms with Gasteiger partial charge < -0.3 is 0 Å². The Morgan fingerprint density at radius 1 is 0.633 bits per heavy atom. The third kappa shape index (κ3) is 2.06. The molecule has 140 valence electrons. The molecule has 2 nitrogen and oxygen atoms in total. The zero-order chi connectivity index (χ0) is 19.7. The number of aromatic nitrogens is 2. The van der Waals surface area contributed by atoms with Gasteiger partial charge in [0.25, 0.3) is 0 Å². The second kappa shape index (κ2) is 6.06. The predicted molar refractivity (Wildman–Crippen MR) is 128 cm³/mol. The van der Waals surface area contributed by atoms with E-state index in [1.807, 2.05) is 6.20 Å². The molecule has 0 aliphatic carbocycles. The molecule has 4 aromatic carbocycles. The van der Waals surface area contributed by atoms with Crippen LogP contribution in [0.3, 0.4) is 0 Å². The monoisotopic (exact) mass is 448 g/mol. The molecule has 0 bridgehead atoms. The Balaban J connectivity index is 1.91. The van der Waals surface area contributed by atoms with Gasteiger partial charge in [-0.25, -0.2) is 0 Å². The van der Waals surface area contributed by atoms with Crippen LogP contribution in [0, 0.1) is 0 Å². The number of fused-ring (bicyclic) bond motifs is 10. The van der Waals surface area contributed by atoms with Crippen LogP contribution in [0.25, 0.3) is 57.7 Å². The van der Waals surface area contributed by atoms with Crippen molar-refractivity contribution < 1.29 is 0 Å². The first kappa shape index (κ1) is 16.4. The maximum absolute atomic E-state index is 4.88. The topological polar surface area (TPSA) is 17.8 Å². The molecule has 3 heteroatoms. The number of benzene rings is 4. The van der Waals surface area contributed by atoms with Gasteiger partial charge in [-0.1, -0.05) is 0 Å². The average Bonchev–Trinajstić information content (AvgIpc) is 3.36. The number of hydrogen-bond donors (Lipinski definition) is 0. The van der Waals surface area contributed by atoms with E-state index in [1.165, 1.54) is 52.2 Å². The quantitative estimate of drug-likeness (QED) is 0.256. The summed E-state index contributed by atoms with van der Waals surface area (Å²) in [5.74, 6) is 0. The molecule has 0 radical (unpaired) electrons. The Bertz CT molecular complexity index is 1740. The van der Waals surface area contributed by atoms with E-state index in [2.05, 4.69) is 95.6 Å². The van der Waals surface area contributed by atoms with Gasteiger partial charge >= 0.3 is 179 Å². The van der Waals surface area contributed by atoms with Crippen LogP contribution in [-0.2, 0) is 0 Å². The van der Waals surface area contributed by atoms with E-state index in [0.717, 1.165) is 5.52 Å². The zero-order valence-corrected chi connectivity index (χ0v) is 17.8. The van der Waals surface area contributed by atoms with E-state index in [4.69, 9.17) is 4.98 Å². The van der Waals surface area contributed by atoms with Crippen LogP contribution in [0.1, 0.15) is 0 Å². The van der Waals surface area contributed by atoms with Crippen molar-refractivity contribution in [2.75, 3.05) is 0 Å². The van der Waals surface area contributed by atoms with Crippen LogP contribution in [0.15, 0.2) is 97.2 Å². The standard InChI is InChI=1S/C27H16N2Se/c1-2-9-17(10-3-1)29-21-14-6-4-11-18(21)23-20-13-8-16-28-25(20)27-24(26(23)29)19-12-5-7-15-22(19)30-27/h1-16H. The second-order valence-electron chi connectivity index (χ2n) is 7.61. The van der Waals surface area contributed by atoms with Crippen LogP contribution in [0.5, 0.6) is 0 Å². The van der Waals surface area contributed by atoms with Crippen molar-refractivity contribution in [2.45, 2.75) is 0 Å². The Hall–Kier alpha value is -3.39. The van der Waals surface area contributed by atoms with Crippen LogP contribution in [0.2, 0.25) is 0 Å². The van der Waals surface area contributed by atoms with Gasteiger partial charge in [-0.2, -0.15) is 0 Å². The summed E-state index contributed by atoms with van der Waals surface area (Å²) >= 11 is 0.255. The maximum atomic E-state index is 4.88. The Morgan fingerprint density at radius 2 is 1.37 bits per heavy atom. The van der Waals surface area contributed by atoms with Crippen LogP contribution in [0.4, 0.5) is 0 Å². The molecule has 0 spiro atoms. The fraction of sp³-hybridized carbons (Fsp3) is 0. The fourth-order valence-corrected chi connectivity index (χ4v) is 7.38. The molecule has 0 unspecified atom stereocenters. The second-order valence-corrected chi connectivity index (χ2v) is 9.82. The van der Waals surface area contributed by atoms with Gasteiger partial charge in [0.15, 0.2) is 0 Å². The Labute approximate surface area is 178 Å². The van der Waals surface area contributed by atoms with Crippen molar-refractivity contribution in [1.29, 1.82) is 0 Å². The SMILES string of the molecule is c1ccc(-n2c3ccccc3c3c4cccnc4c4[se]c5ccccc5c4c32)cc1. The van der Waals surface area contributed by atoms with Crippen molar-refractivity contribution >= 4 is 66.5 Å². The summed E-state index contributed by atoms with van der Waals surface area (Å²) in [5.41, 5.74) is 4.91. The minimum atomic E-state index is 0.255. The number of hydrogen-bond acceptors (Lipinski definition) is 1. The summed E-state index contributed by atoms with van der Waals surface area (Å²) in [7, 11) is 0. The summed E-state index contributed by atoms with van der Waals surface area (Å²) < 4.78 is 5.31. The molecule has 30 heavy (non-hydrogen) atoms. The van der Waals surface area contributed by atoms with E-state index in [9.17, 15) is 0 Å². The summed E-state index contributed by atoms with van der Waals surface area (Å²) in [6, 6.07) is 32.7. The average molecular weight is 447 g/mol. The van der Waals surface area contributed by atoms with Gasteiger partial charge in [-0.3, -0.25) is 0 Å². The number of nitrogens with zero attached hydrogens (tertiary/aromatic N) is 2. The first-order chi connectivity index (χ1) is 14.9. The van der Waals surface area contributed by atoms with E-state index in [-0.39, 0.29) is 14.5 Å². The molecule has 0 atom stereocenters. The van der Waals surface area contributed by atoms with Gasteiger partial charge in [0.1, 0.15) is 0 Å². The summed E-state index contributed by atoms with van der Waals surface area (Å²) in [6.45, 7) is 0. The van der Waals surface area contributed by atoms with E-state index in [0.29, 0.717) is 0 Å². The Morgan fingerprint density at radius 3 is 2.27 bits per heavy atom. The van der Waals surface area contributed by atoms with Crippen LogP contribution in [-0.4, -0.2) is 24.1 Å². The van der Waals surface area contributed by atoms with Crippen molar-refractivity contribution in [3.05, 3.63) is 97.2 Å². The normalized spacial score (nSPS) is 12.0. The molecular weight excluding hydrogens is 431 g/mol. The summed E-state index contributed by atoms with van der Waals surface area (Å²) in [4.78, 5) is 4.88. The third-order valence-corrected chi connectivity index (χ3v) is 8.48. The van der Waals surface area contributed by atoms with E-state index >= 15 is 0 Å². The first-order valence-corrected chi connectivity index (χ1v) is 11.8. The number of para-hydroxylation sites is 2. The van der Waals surface area contributed by atoms with Crippen LogP contribution >= 0.6 is 0 Å². The summed E-state index contributed by atoms with van der Waals surface area (Å²) in [6.07, 6.45) is 1.93. The van der Waals surface area contributed by atoms with Crippen molar-refractivity contribution in [1.82, 2.24) is 9.55 Å². The number of rotatable bonds is 1. The molecule has 0 N–H and O–H groups in total. The molecule has 7 rings (SSSR count). The minimum absolute atomic E-state index is 0.255. The molecule has 0 aliphatic rings. The molecule has 3 aromatic heterocycles. The van der Waals surface area contributed by atoms with Crippen LogP contribution < -0.4 is 0 Å². The molecule has 0 saturated carbocycles. The molecule has 0 saturated heterocycles. The Kier molecular flexibility index (Phi) is 3.31. The molecule has 0 aliphatic heterocycles. The first-order valence-electron chi connectivity index (χ1n) is 10.1. The fourth-order valence-electron chi connectivity index (χ4n) is 4.83. The van der Waals surface area contributed by atoms with Crippen molar-refractivity contribution in [3.63, 3.8) is 0 Å². The van der Waals surface area contributed by atoms with Gasteiger partial charge in [0.2, 0.25) is 0 Å². The van der Waals surface area contributed by atoms with E-state index < -0.39 is 0 Å². The molecular formula is C27H16N2Se. The predicted octanol–water partition coefficient (Wildman–Crippen LogP) is 6.70. The van der Waals surface area contributed by atoms with Gasteiger partial charge in [-0.05, 0) is 0 Å². The molecule has 3 heterocycles.